The number of fused-ring (bicyclic) bond motifs is 3. The lowest BCUT2D eigenvalue weighted by molar-refractivity contribution is -0.148. The molecule has 1 amide bonds. The number of aromatic nitrogens is 3. The van der Waals surface area contributed by atoms with Crippen LogP contribution in [-0.2, 0) is 21.5 Å². The molecule has 0 spiro atoms. The summed E-state index contributed by atoms with van der Waals surface area (Å²) in [6.07, 6.45) is 4.31. The summed E-state index contributed by atoms with van der Waals surface area (Å²) in [4.78, 5) is 17.5. The molecule has 4 saturated heterocycles. The molecule has 4 aliphatic heterocycles. The SMILES string of the molecule is CC(C)(C)c1cn(CC2CC3CCN2CC3C(=O)N2CCOCC2)nn1. The Labute approximate surface area is 155 Å². The van der Waals surface area contributed by atoms with Gasteiger partial charge < -0.3 is 9.64 Å². The maximum atomic E-state index is 12.9. The Morgan fingerprint density at radius 2 is 2.04 bits per heavy atom. The Morgan fingerprint density at radius 3 is 2.65 bits per heavy atom. The van der Waals surface area contributed by atoms with Crippen LogP contribution in [0.5, 0.6) is 0 Å². The molecule has 4 unspecified atom stereocenters. The van der Waals surface area contributed by atoms with Crippen molar-refractivity contribution in [2.45, 2.75) is 51.6 Å². The first-order chi connectivity index (χ1) is 12.4. The maximum absolute atomic E-state index is 12.9. The average Bonchev–Trinajstić information content (AvgIpc) is 3.11. The molecule has 1 aromatic heterocycles. The molecule has 4 aliphatic rings. The summed E-state index contributed by atoms with van der Waals surface area (Å²) in [7, 11) is 0. The Balaban J connectivity index is 1.39. The van der Waals surface area contributed by atoms with Crippen molar-refractivity contribution in [1.29, 1.82) is 0 Å². The number of carbonyl (C=O) groups excluding carboxylic acids is 1. The highest BCUT2D eigenvalue weighted by Crippen LogP contribution is 2.38. The van der Waals surface area contributed by atoms with Crippen LogP contribution in [0.4, 0.5) is 0 Å². The van der Waals surface area contributed by atoms with Crippen LogP contribution in [0.1, 0.15) is 39.3 Å². The van der Waals surface area contributed by atoms with E-state index in [1.807, 2.05) is 9.58 Å². The zero-order valence-electron chi connectivity index (χ0n) is 16.2. The quantitative estimate of drug-likeness (QED) is 0.808. The molecule has 5 rings (SSSR count). The van der Waals surface area contributed by atoms with Crippen LogP contribution in [0.15, 0.2) is 6.20 Å². The first kappa shape index (κ1) is 17.9. The molecule has 0 N–H and O–H groups in total. The summed E-state index contributed by atoms with van der Waals surface area (Å²) in [6, 6.07) is 0.469. The van der Waals surface area contributed by atoms with Crippen molar-refractivity contribution in [3.63, 3.8) is 0 Å². The van der Waals surface area contributed by atoms with Crippen LogP contribution >= 0.6 is 0 Å². The van der Waals surface area contributed by atoms with Crippen molar-refractivity contribution in [2.24, 2.45) is 11.8 Å². The van der Waals surface area contributed by atoms with Gasteiger partial charge in [0.15, 0.2) is 0 Å². The van der Waals surface area contributed by atoms with Gasteiger partial charge in [0.2, 0.25) is 5.91 Å². The zero-order valence-corrected chi connectivity index (χ0v) is 16.2. The van der Waals surface area contributed by atoms with E-state index in [9.17, 15) is 4.79 Å². The molecule has 26 heavy (non-hydrogen) atoms. The molecule has 144 valence electrons. The van der Waals surface area contributed by atoms with Crippen molar-refractivity contribution < 1.29 is 9.53 Å². The third kappa shape index (κ3) is 3.51. The fourth-order valence-electron chi connectivity index (χ4n) is 4.57. The molecule has 4 fully saturated rings. The number of piperidine rings is 3. The molecule has 0 saturated carbocycles. The van der Waals surface area contributed by atoms with Crippen LogP contribution in [0.2, 0.25) is 0 Å². The highest BCUT2D eigenvalue weighted by atomic mass is 16.5. The number of morpholine rings is 1. The molecule has 7 heteroatoms. The van der Waals surface area contributed by atoms with Crippen LogP contribution < -0.4 is 0 Å². The Bertz CT molecular complexity index is 647. The van der Waals surface area contributed by atoms with Gasteiger partial charge >= 0.3 is 0 Å². The van der Waals surface area contributed by atoms with Gasteiger partial charge in [0.1, 0.15) is 0 Å². The first-order valence-electron chi connectivity index (χ1n) is 9.93. The van der Waals surface area contributed by atoms with Gasteiger partial charge in [-0.3, -0.25) is 14.4 Å². The molecule has 4 atom stereocenters. The Morgan fingerprint density at radius 1 is 1.27 bits per heavy atom. The summed E-state index contributed by atoms with van der Waals surface area (Å²) >= 11 is 0. The van der Waals surface area contributed by atoms with Crippen molar-refractivity contribution >= 4 is 5.91 Å². The van der Waals surface area contributed by atoms with E-state index in [1.54, 1.807) is 0 Å². The molecule has 1 aromatic rings. The van der Waals surface area contributed by atoms with Crippen molar-refractivity contribution in [3.8, 4) is 0 Å². The van der Waals surface area contributed by atoms with Crippen molar-refractivity contribution in [1.82, 2.24) is 24.8 Å². The molecular weight excluding hydrogens is 330 g/mol. The molecule has 0 aromatic carbocycles. The van der Waals surface area contributed by atoms with Crippen molar-refractivity contribution in [3.05, 3.63) is 11.9 Å². The minimum absolute atomic E-state index is 0.0276. The van der Waals surface area contributed by atoms with Gasteiger partial charge in [0, 0.05) is 37.3 Å². The number of rotatable bonds is 3. The van der Waals surface area contributed by atoms with Gasteiger partial charge in [-0.2, -0.15) is 0 Å². The first-order valence-corrected chi connectivity index (χ1v) is 9.93. The normalized spacial score (nSPS) is 32.0. The van der Waals surface area contributed by atoms with Gasteiger partial charge in [-0.25, -0.2) is 0 Å². The second kappa shape index (κ2) is 6.93. The summed E-state index contributed by atoms with van der Waals surface area (Å²) in [6.45, 7) is 12.2. The lowest BCUT2D eigenvalue weighted by Crippen LogP contribution is -2.59. The third-order valence-corrected chi connectivity index (χ3v) is 6.22. The van der Waals surface area contributed by atoms with E-state index in [0.717, 1.165) is 51.3 Å². The summed E-state index contributed by atoms with van der Waals surface area (Å²) in [5, 5.41) is 8.68. The summed E-state index contributed by atoms with van der Waals surface area (Å²) < 4.78 is 7.38. The van der Waals surface area contributed by atoms with Gasteiger partial charge in [0.25, 0.3) is 0 Å². The van der Waals surface area contributed by atoms with E-state index < -0.39 is 0 Å². The summed E-state index contributed by atoms with van der Waals surface area (Å²) in [5.41, 5.74) is 1.06. The second-order valence-electron chi connectivity index (χ2n) is 9.05. The van der Waals surface area contributed by atoms with E-state index >= 15 is 0 Å². The molecule has 0 radical (unpaired) electrons. The highest BCUT2D eigenvalue weighted by molar-refractivity contribution is 5.79. The third-order valence-electron chi connectivity index (χ3n) is 6.22. The van der Waals surface area contributed by atoms with Gasteiger partial charge in [-0.15, -0.1) is 5.10 Å². The van der Waals surface area contributed by atoms with Crippen LogP contribution in [0.3, 0.4) is 0 Å². The average molecular weight is 361 g/mol. The molecule has 5 heterocycles. The number of carbonyl (C=O) groups is 1. The van der Waals surface area contributed by atoms with Crippen LogP contribution in [0.25, 0.3) is 0 Å². The van der Waals surface area contributed by atoms with Gasteiger partial charge in [0.05, 0.1) is 31.4 Å². The zero-order chi connectivity index (χ0) is 18.3. The van der Waals surface area contributed by atoms with E-state index in [-0.39, 0.29) is 11.3 Å². The monoisotopic (exact) mass is 361 g/mol. The highest BCUT2D eigenvalue weighted by Gasteiger charge is 2.44. The smallest absolute Gasteiger partial charge is 0.227 e. The fourth-order valence-corrected chi connectivity index (χ4v) is 4.57. The number of ether oxygens (including phenoxy) is 1. The van der Waals surface area contributed by atoms with Crippen LogP contribution in [0, 0.1) is 11.8 Å². The lowest BCUT2D eigenvalue weighted by atomic mass is 9.75. The van der Waals surface area contributed by atoms with E-state index in [2.05, 4.69) is 42.2 Å². The lowest BCUT2D eigenvalue weighted by Gasteiger charge is -2.50. The topological polar surface area (TPSA) is 63.5 Å². The predicted molar refractivity (Wildman–Crippen MR) is 97.7 cm³/mol. The maximum Gasteiger partial charge on any atom is 0.227 e. The molecule has 2 bridgehead atoms. The second-order valence-corrected chi connectivity index (χ2v) is 9.05. The fraction of sp³-hybridized carbons (Fsp3) is 0.842. The Kier molecular flexibility index (Phi) is 4.77. The standard InChI is InChI=1S/C19H31N5O2/c1-19(2,3)17-13-24(21-20-17)11-15-10-14-4-5-23(15)12-16(14)18(25)22-6-8-26-9-7-22/h13-16H,4-12H2,1-3H3. The van der Waals surface area contributed by atoms with E-state index in [4.69, 9.17) is 4.74 Å². The van der Waals surface area contributed by atoms with E-state index in [1.165, 1.54) is 0 Å². The number of hydrogen-bond acceptors (Lipinski definition) is 5. The minimum Gasteiger partial charge on any atom is -0.378 e. The molecular formula is C19H31N5O2. The number of nitrogens with zero attached hydrogens (tertiary/aromatic N) is 5. The summed E-state index contributed by atoms with van der Waals surface area (Å²) in [5.74, 6) is 1.02. The molecule has 7 nitrogen and oxygen atoms in total. The van der Waals surface area contributed by atoms with Gasteiger partial charge in [-0.1, -0.05) is 26.0 Å². The number of hydrogen-bond donors (Lipinski definition) is 0. The van der Waals surface area contributed by atoms with Crippen molar-refractivity contribution in [2.75, 3.05) is 39.4 Å². The largest absolute Gasteiger partial charge is 0.378 e. The minimum atomic E-state index is 0.0276. The van der Waals surface area contributed by atoms with E-state index in [0.29, 0.717) is 31.1 Å². The van der Waals surface area contributed by atoms with Crippen LogP contribution in [-0.4, -0.2) is 76.1 Å². The van der Waals surface area contributed by atoms with Gasteiger partial charge in [-0.05, 0) is 25.3 Å². The predicted octanol–water partition coefficient (Wildman–Crippen LogP) is 1.14. The molecule has 0 aliphatic carbocycles. The number of amides is 1. The Hall–Kier alpha value is -1.47.